The fourth-order valence-electron chi connectivity index (χ4n) is 1.22. The van der Waals surface area contributed by atoms with Crippen LogP contribution >= 0.6 is 15.9 Å². The van der Waals surface area contributed by atoms with E-state index in [0.29, 0.717) is 18.2 Å². The van der Waals surface area contributed by atoms with Crippen LogP contribution in [0.15, 0.2) is 47.1 Å². The molecule has 0 bridgehead atoms. The second-order valence-corrected chi connectivity index (χ2v) is 4.26. The lowest BCUT2D eigenvalue weighted by Crippen LogP contribution is -1.97. The van der Waals surface area contributed by atoms with Gasteiger partial charge in [0.15, 0.2) is 0 Å². The summed E-state index contributed by atoms with van der Waals surface area (Å²) in [4.78, 5) is 4.05. The smallest absolute Gasteiger partial charge is 0.213 e. The molecule has 0 atom stereocenters. The van der Waals surface area contributed by atoms with Gasteiger partial charge in [-0.1, -0.05) is 28.1 Å². The zero-order valence-corrected chi connectivity index (χ0v) is 10.1. The Morgan fingerprint density at radius 3 is 2.50 bits per heavy atom. The summed E-state index contributed by atoms with van der Waals surface area (Å²) in [5.41, 5.74) is 7.26. The first-order valence-corrected chi connectivity index (χ1v) is 5.62. The van der Waals surface area contributed by atoms with Gasteiger partial charge in [0.05, 0.1) is 11.9 Å². The third-order valence-electron chi connectivity index (χ3n) is 2.06. The summed E-state index contributed by atoms with van der Waals surface area (Å²) in [5, 5.41) is 0. The van der Waals surface area contributed by atoms with E-state index in [1.54, 1.807) is 18.3 Å². The van der Waals surface area contributed by atoms with Crippen LogP contribution in [0.5, 0.6) is 5.88 Å². The topological polar surface area (TPSA) is 48.1 Å². The van der Waals surface area contributed by atoms with Gasteiger partial charge >= 0.3 is 0 Å². The molecule has 0 saturated heterocycles. The van der Waals surface area contributed by atoms with Gasteiger partial charge in [-0.05, 0) is 23.8 Å². The average Bonchev–Trinajstić information content (AvgIpc) is 2.30. The minimum absolute atomic E-state index is 0.504. The van der Waals surface area contributed by atoms with E-state index < -0.39 is 0 Å². The minimum atomic E-state index is 0.504. The van der Waals surface area contributed by atoms with E-state index in [1.165, 1.54) is 0 Å². The molecule has 0 aliphatic carbocycles. The summed E-state index contributed by atoms with van der Waals surface area (Å²) >= 11 is 3.38. The van der Waals surface area contributed by atoms with Crippen LogP contribution in [-0.2, 0) is 6.61 Å². The first-order chi connectivity index (χ1) is 7.74. The molecule has 2 rings (SSSR count). The predicted molar refractivity (Wildman–Crippen MR) is 67.1 cm³/mol. The van der Waals surface area contributed by atoms with Crippen LogP contribution in [0.4, 0.5) is 5.69 Å². The number of aromatic nitrogens is 1. The molecule has 2 aromatic rings. The number of pyridine rings is 1. The third-order valence-corrected chi connectivity index (χ3v) is 2.59. The number of nitrogens with two attached hydrogens (primary N) is 1. The molecule has 1 aromatic heterocycles. The Labute approximate surface area is 102 Å². The first kappa shape index (κ1) is 11.0. The number of nitrogens with zero attached hydrogens (tertiary/aromatic N) is 1. The van der Waals surface area contributed by atoms with Crippen LogP contribution in [0.25, 0.3) is 0 Å². The molecule has 0 fully saturated rings. The van der Waals surface area contributed by atoms with Crippen LogP contribution in [0.3, 0.4) is 0 Å². The largest absolute Gasteiger partial charge is 0.473 e. The Morgan fingerprint density at radius 1 is 1.12 bits per heavy atom. The quantitative estimate of drug-likeness (QED) is 0.939. The van der Waals surface area contributed by atoms with Gasteiger partial charge in [0.25, 0.3) is 0 Å². The van der Waals surface area contributed by atoms with Gasteiger partial charge in [-0.2, -0.15) is 0 Å². The molecule has 0 aliphatic heterocycles. The molecule has 0 radical (unpaired) electrons. The van der Waals surface area contributed by atoms with E-state index in [4.69, 9.17) is 10.5 Å². The number of halogens is 1. The van der Waals surface area contributed by atoms with Gasteiger partial charge in [0.2, 0.25) is 5.88 Å². The van der Waals surface area contributed by atoms with Crippen molar-refractivity contribution in [2.24, 2.45) is 0 Å². The molecule has 0 spiro atoms. The number of hydrogen-bond acceptors (Lipinski definition) is 3. The number of nitrogen functional groups attached to an aromatic ring is 1. The zero-order valence-electron chi connectivity index (χ0n) is 8.56. The molecule has 0 unspecified atom stereocenters. The molecule has 1 aromatic carbocycles. The second kappa shape index (κ2) is 4.99. The Morgan fingerprint density at radius 2 is 1.88 bits per heavy atom. The molecule has 0 saturated carbocycles. The lowest BCUT2D eigenvalue weighted by molar-refractivity contribution is 0.294. The van der Waals surface area contributed by atoms with Gasteiger partial charge in [-0.3, -0.25) is 0 Å². The van der Waals surface area contributed by atoms with Gasteiger partial charge in [0, 0.05) is 10.5 Å². The molecule has 82 valence electrons. The molecule has 1 heterocycles. The number of benzene rings is 1. The Balaban J connectivity index is 1.97. The van der Waals surface area contributed by atoms with Crippen LogP contribution in [0, 0.1) is 0 Å². The van der Waals surface area contributed by atoms with E-state index >= 15 is 0 Å². The summed E-state index contributed by atoms with van der Waals surface area (Å²) < 4.78 is 6.56. The molecule has 3 nitrogen and oxygen atoms in total. The zero-order chi connectivity index (χ0) is 11.4. The SMILES string of the molecule is Nc1ccc(OCc2ccc(Br)cc2)nc1. The van der Waals surface area contributed by atoms with Crippen molar-refractivity contribution in [2.75, 3.05) is 5.73 Å². The number of ether oxygens (including phenoxy) is 1. The predicted octanol–water partition coefficient (Wildman–Crippen LogP) is 3.01. The summed E-state index contributed by atoms with van der Waals surface area (Å²) in [6.07, 6.45) is 1.58. The first-order valence-electron chi connectivity index (χ1n) is 4.83. The fourth-order valence-corrected chi connectivity index (χ4v) is 1.48. The van der Waals surface area contributed by atoms with Gasteiger partial charge in [-0.25, -0.2) is 4.98 Å². The highest BCUT2D eigenvalue weighted by Crippen LogP contribution is 2.13. The van der Waals surface area contributed by atoms with E-state index in [1.807, 2.05) is 24.3 Å². The standard InChI is InChI=1S/C12H11BrN2O/c13-10-3-1-9(2-4-10)8-16-12-6-5-11(14)7-15-12/h1-7H,8,14H2. The molecular weight excluding hydrogens is 268 g/mol. The highest BCUT2D eigenvalue weighted by Gasteiger charge is 1.97. The molecule has 0 aliphatic rings. The monoisotopic (exact) mass is 278 g/mol. The average molecular weight is 279 g/mol. The molecular formula is C12H11BrN2O. The lowest BCUT2D eigenvalue weighted by Gasteiger charge is -2.05. The number of hydrogen-bond donors (Lipinski definition) is 1. The maximum Gasteiger partial charge on any atom is 0.213 e. The van der Waals surface area contributed by atoms with E-state index in [-0.39, 0.29) is 0 Å². The van der Waals surface area contributed by atoms with Crippen molar-refractivity contribution in [1.82, 2.24) is 4.98 Å². The highest BCUT2D eigenvalue weighted by atomic mass is 79.9. The normalized spacial score (nSPS) is 10.1. The second-order valence-electron chi connectivity index (χ2n) is 3.34. The maximum atomic E-state index is 5.53. The summed E-state index contributed by atoms with van der Waals surface area (Å²) in [5.74, 6) is 0.581. The summed E-state index contributed by atoms with van der Waals surface area (Å²) in [7, 11) is 0. The molecule has 16 heavy (non-hydrogen) atoms. The van der Waals surface area contributed by atoms with Gasteiger partial charge in [0.1, 0.15) is 6.61 Å². The van der Waals surface area contributed by atoms with Crippen molar-refractivity contribution in [2.45, 2.75) is 6.61 Å². The molecule has 2 N–H and O–H groups in total. The summed E-state index contributed by atoms with van der Waals surface area (Å²) in [6.45, 7) is 0.504. The van der Waals surface area contributed by atoms with Crippen LogP contribution in [0.2, 0.25) is 0 Å². The maximum absolute atomic E-state index is 5.53. The number of anilines is 1. The van der Waals surface area contributed by atoms with Crippen LogP contribution < -0.4 is 10.5 Å². The lowest BCUT2D eigenvalue weighted by atomic mass is 10.2. The van der Waals surface area contributed by atoms with Crippen molar-refractivity contribution in [3.8, 4) is 5.88 Å². The Bertz CT molecular complexity index is 408. The highest BCUT2D eigenvalue weighted by molar-refractivity contribution is 9.10. The van der Waals surface area contributed by atoms with Crippen molar-refractivity contribution in [3.63, 3.8) is 0 Å². The third kappa shape index (κ3) is 2.97. The van der Waals surface area contributed by atoms with E-state index in [2.05, 4.69) is 20.9 Å². The van der Waals surface area contributed by atoms with Crippen molar-refractivity contribution in [3.05, 3.63) is 52.6 Å². The number of rotatable bonds is 3. The van der Waals surface area contributed by atoms with Gasteiger partial charge in [-0.15, -0.1) is 0 Å². The van der Waals surface area contributed by atoms with Crippen molar-refractivity contribution in [1.29, 1.82) is 0 Å². The van der Waals surface area contributed by atoms with Crippen molar-refractivity contribution < 1.29 is 4.74 Å². The summed E-state index contributed by atoms with van der Waals surface area (Å²) in [6, 6.07) is 11.5. The fraction of sp³-hybridized carbons (Fsp3) is 0.0833. The Kier molecular flexibility index (Phi) is 3.41. The van der Waals surface area contributed by atoms with Crippen molar-refractivity contribution >= 4 is 21.6 Å². The minimum Gasteiger partial charge on any atom is -0.473 e. The van der Waals surface area contributed by atoms with E-state index in [0.717, 1.165) is 10.0 Å². The molecule has 0 amide bonds. The van der Waals surface area contributed by atoms with Crippen LogP contribution in [-0.4, -0.2) is 4.98 Å². The molecule has 4 heteroatoms. The Hall–Kier alpha value is -1.55. The van der Waals surface area contributed by atoms with E-state index in [9.17, 15) is 0 Å². The van der Waals surface area contributed by atoms with Crippen LogP contribution in [0.1, 0.15) is 5.56 Å². The van der Waals surface area contributed by atoms with Gasteiger partial charge < -0.3 is 10.5 Å².